The second-order valence-corrected chi connectivity index (χ2v) is 7.44. The van der Waals surface area contributed by atoms with E-state index in [9.17, 15) is 0 Å². The van der Waals surface area contributed by atoms with Gasteiger partial charge in [-0.15, -0.1) is 11.3 Å². The first kappa shape index (κ1) is 14.4. The Kier molecular flexibility index (Phi) is 3.91. The van der Waals surface area contributed by atoms with Crippen LogP contribution in [0.5, 0.6) is 11.5 Å². The van der Waals surface area contributed by atoms with Crippen LogP contribution in [0.15, 0.2) is 30.3 Å². The van der Waals surface area contributed by atoms with Crippen molar-refractivity contribution in [2.75, 3.05) is 6.79 Å². The molecular weight excluding hydrogens is 282 g/mol. The smallest absolute Gasteiger partial charge is 0.231 e. The van der Waals surface area contributed by atoms with Crippen molar-refractivity contribution in [3.05, 3.63) is 45.6 Å². The van der Waals surface area contributed by atoms with Crippen LogP contribution in [0, 0.1) is 0 Å². The lowest BCUT2D eigenvalue weighted by atomic mass is 9.95. The van der Waals surface area contributed by atoms with Crippen molar-refractivity contribution in [2.45, 2.75) is 39.3 Å². The second kappa shape index (κ2) is 5.70. The highest BCUT2D eigenvalue weighted by Crippen LogP contribution is 2.35. The zero-order valence-electron chi connectivity index (χ0n) is 12.7. The lowest BCUT2D eigenvalue weighted by Crippen LogP contribution is -2.12. The van der Waals surface area contributed by atoms with Gasteiger partial charge in [0.15, 0.2) is 11.5 Å². The largest absolute Gasteiger partial charge is 0.454 e. The summed E-state index contributed by atoms with van der Waals surface area (Å²) in [7, 11) is 0. The normalized spacial score (nSPS) is 13.7. The van der Waals surface area contributed by atoms with Crippen molar-refractivity contribution < 1.29 is 9.47 Å². The minimum absolute atomic E-state index is 0.231. The fourth-order valence-electron chi connectivity index (χ4n) is 2.33. The molecule has 0 fully saturated rings. The molecule has 21 heavy (non-hydrogen) atoms. The Morgan fingerprint density at radius 3 is 2.71 bits per heavy atom. The van der Waals surface area contributed by atoms with Gasteiger partial charge in [-0.05, 0) is 23.6 Å². The number of para-hydroxylation sites is 1. The maximum Gasteiger partial charge on any atom is 0.231 e. The molecule has 0 unspecified atom stereocenters. The van der Waals surface area contributed by atoms with Crippen molar-refractivity contribution in [3.8, 4) is 11.5 Å². The number of rotatable bonds is 4. The van der Waals surface area contributed by atoms with Gasteiger partial charge in [-0.1, -0.05) is 32.9 Å². The second-order valence-electron chi connectivity index (χ2n) is 6.27. The van der Waals surface area contributed by atoms with Gasteiger partial charge >= 0.3 is 0 Å². The van der Waals surface area contributed by atoms with E-state index < -0.39 is 0 Å². The van der Waals surface area contributed by atoms with Gasteiger partial charge in [0.05, 0.1) is 0 Å². The standard InChI is InChI=1S/C17H21NO2S/c1-17(2,3)15-8-7-13(21-15)10-18-9-12-5-4-6-14-16(12)20-11-19-14/h4-8,18H,9-11H2,1-3H3. The van der Waals surface area contributed by atoms with Crippen LogP contribution < -0.4 is 14.8 Å². The van der Waals surface area contributed by atoms with Gasteiger partial charge in [0.2, 0.25) is 6.79 Å². The first-order chi connectivity index (χ1) is 10.0. The third-order valence-corrected chi connectivity index (χ3v) is 5.00. The molecule has 1 aliphatic heterocycles. The minimum atomic E-state index is 0.231. The van der Waals surface area contributed by atoms with Crippen LogP contribution >= 0.6 is 11.3 Å². The van der Waals surface area contributed by atoms with Crippen molar-refractivity contribution in [1.82, 2.24) is 5.32 Å². The number of ether oxygens (including phenoxy) is 2. The van der Waals surface area contributed by atoms with Crippen LogP contribution in [0.1, 0.15) is 36.1 Å². The summed E-state index contributed by atoms with van der Waals surface area (Å²) in [4.78, 5) is 2.79. The number of nitrogens with one attached hydrogen (secondary N) is 1. The van der Waals surface area contributed by atoms with Gasteiger partial charge in [0.1, 0.15) is 0 Å². The van der Waals surface area contributed by atoms with Crippen molar-refractivity contribution in [3.63, 3.8) is 0 Å². The summed E-state index contributed by atoms with van der Waals surface area (Å²) < 4.78 is 10.9. The van der Waals surface area contributed by atoms with E-state index in [1.165, 1.54) is 9.75 Å². The molecule has 2 heterocycles. The number of benzene rings is 1. The molecule has 2 aromatic rings. The van der Waals surface area contributed by atoms with Gasteiger partial charge in [0.25, 0.3) is 0 Å². The van der Waals surface area contributed by atoms with Crippen molar-refractivity contribution in [1.29, 1.82) is 0 Å². The predicted octanol–water partition coefficient (Wildman–Crippen LogP) is 4.06. The molecule has 1 aliphatic rings. The summed E-state index contributed by atoms with van der Waals surface area (Å²) in [6.07, 6.45) is 0. The SMILES string of the molecule is CC(C)(C)c1ccc(CNCc2cccc3c2OCO3)s1. The van der Waals surface area contributed by atoms with Crippen LogP contribution in [0.25, 0.3) is 0 Å². The van der Waals surface area contributed by atoms with Crippen LogP contribution in [0.3, 0.4) is 0 Å². The first-order valence-corrected chi connectivity index (χ1v) is 8.03. The highest BCUT2D eigenvalue weighted by Gasteiger charge is 2.17. The summed E-state index contributed by atoms with van der Waals surface area (Å²) in [6, 6.07) is 10.5. The fraction of sp³-hybridized carbons (Fsp3) is 0.412. The fourth-order valence-corrected chi connectivity index (χ4v) is 3.36. The van der Waals surface area contributed by atoms with Gasteiger partial charge in [-0.2, -0.15) is 0 Å². The van der Waals surface area contributed by atoms with E-state index in [2.05, 4.69) is 44.3 Å². The van der Waals surface area contributed by atoms with E-state index in [4.69, 9.17) is 9.47 Å². The summed E-state index contributed by atoms with van der Waals surface area (Å²) in [6.45, 7) is 8.74. The molecule has 0 radical (unpaired) electrons. The zero-order valence-corrected chi connectivity index (χ0v) is 13.5. The molecule has 0 saturated carbocycles. The minimum Gasteiger partial charge on any atom is -0.454 e. The molecule has 0 amide bonds. The summed E-state index contributed by atoms with van der Waals surface area (Å²) >= 11 is 1.88. The van der Waals surface area contributed by atoms with Crippen LogP contribution in [0.4, 0.5) is 0 Å². The molecule has 0 bridgehead atoms. The van der Waals surface area contributed by atoms with E-state index in [0.29, 0.717) is 6.79 Å². The van der Waals surface area contributed by atoms with E-state index in [1.54, 1.807) is 0 Å². The van der Waals surface area contributed by atoms with E-state index >= 15 is 0 Å². The maximum atomic E-state index is 5.52. The summed E-state index contributed by atoms with van der Waals surface area (Å²) in [5, 5.41) is 3.49. The zero-order chi connectivity index (χ0) is 14.9. The number of hydrogen-bond acceptors (Lipinski definition) is 4. The Hall–Kier alpha value is -1.52. The van der Waals surface area contributed by atoms with Gasteiger partial charge in [0, 0.05) is 28.4 Å². The van der Waals surface area contributed by atoms with E-state index in [0.717, 1.165) is 30.2 Å². The van der Waals surface area contributed by atoms with Gasteiger partial charge in [-0.25, -0.2) is 0 Å². The molecule has 4 heteroatoms. The average Bonchev–Trinajstić information content (AvgIpc) is 3.06. The molecule has 1 aromatic heterocycles. The van der Waals surface area contributed by atoms with E-state index in [-0.39, 0.29) is 5.41 Å². The number of thiophene rings is 1. The molecule has 1 N–H and O–H groups in total. The Balaban J connectivity index is 1.60. The molecular formula is C17H21NO2S. The lowest BCUT2D eigenvalue weighted by molar-refractivity contribution is 0.173. The van der Waals surface area contributed by atoms with Gasteiger partial charge < -0.3 is 14.8 Å². The molecule has 0 atom stereocenters. The highest BCUT2D eigenvalue weighted by molar-refractivity contribution is 7.12. The van der Waals surface area contributed by atoms with Crippen LogP contribution in [0.2, 0.25) is 0 Å². The van der Waals surface area contributed by atoms with Crippen molar-refractivity contribution in [2.24, 2.45) is 0 Å². The summed E-state index contributed by atoms with van der Waals surface area (Å²) in [5.74, 6) is 1.73. The lowest BCUT2D eigenvalue weighted by Gasteiger charge is -2.15. The molecule has 0 saturated heterocycles. The summed E-state index contributed by atoms with van der Waals surface area (Å²) in [5.41, 5.74) is 1.38. The highest BCUT2D eigenvalue weighted by atomic mass is 32.1. The Labute approximate surface area is 129 Å². The topological polar surface area (TPSA) is 30.5 Å². The number of fused-ring (bicyclic) bond motifs is 1. The predicted molar refractivity (Wildman–Crippen MR) is 86.1 cm³/mol. The van der Waals surface area contributed by atoms with E-state index in [1.807, 2.05) is 23.5 Å². The Bertz CT molecular complexity index is 628. The molecule has 1 aromatic carbocycles. The average molecular weight is 303 g/mol. The molecule has 0 aliphatic carbocycles. The molecule has 112 valence electrons. The van der Waals surface area contributed by atoms with Crippen LogP contribution in [-0.4, -0.2) is 6.79 Å². The Morgan fingerprint density at radius 2 is 1.95 bits per heavy atom. The number of hydrogen-bond donors (Lipinski definition) is 1. The van der Waals surface area contributed by atoms with Crippen molar-refractivity contribution >= 4 is 11.3 Å². The molecule has 0 spiro atoms. The third kappa shape index (κ3) is 3.22. The molecule has 3 nitrogen and oxygen atoms in total. The monoisotopic (exact) mass is 303 g/mol. The Morgan fingerprint density at radius 1 is 1.10 bits per heavy atom. The quantitative estimate of drug-likeness (QED) is 0.924. The third-order valence-electron chi connectivity index (χ3n) is 3.49. The maximum absolute atomic E-state index is 5.52. The first-order valence-electron chi connectivity index (χ1n) is 7.21. The van der Waals surface area contributed by atoms with Crippen LogP contribution in [-0.2, 0) is 18.5 Å². The van der Waals surface area contributed by atoms with Gasteiger partial charge in [-0.3, -0.25) is 0 Å². The molecule has 3 rings (SSSR count).